The van der Waals surface area contributed by atoms with Gasteiger partial charge in [-0.2, -0.15) is 26.3 Å². The number of aliphatic imine (C=N–C) groups is 1. The van der Waals surface area contributed by atoms with Gasteiger partial charge in [0.15, 0.2) is 0 Å². The van der Waals surface area contributed by atoms with Crippen molar-refractivity contribution in [1.29, 1.82) is 0 Å². The Morgan fingerprint density at radius 3 is 2.18 bits per heavy atom. The van der Waals surface area contributed by atoms with Crippen molar-refractivity contribution < 1.29 is 41.0 Å². The van der Waals surface area contributed by atoms with Crippen LogP contribution in [0.2, 0.25) is 0 Å². The molecule has 1 aliphatic rings. The van der Waals surface area contributed by atoms with E-state index >= 15 is 0 Å². The van der Waals surface area contributed by atoms with Crippen LogP contribution in [0.25, 0.3) is 11.8 Å². The molecule has 4 rings (SSSR count). The average Bonchev–Trinajstić information content (AvgIpc) is 2.98. The second-order valence-corrected chi connectivity index (χ2v) is 9.35. The summed E-state index contributed by atoms with van der Waals surface area (Å²) >= 11 is 0. The number of ether oxygens (including phenoxy) is 1. The molecule has 6 nitrogen and oxygen atoms in total. The lowest BCUT2D eigenvalue weighted by Gasteiger charge is -2.17. The van der Waals surface area contributed by atoms with Gasteiger partial charge in [-0.15, -0.1) is 0 Å². The second-order valence-electron chi connectivity index (χ2n) is 9.35. The normalized spacial score (nSPS) is 13.8. The molecule has 0 radical (unpaired) electrons. The second kappa shape index (κ2) is 12.8. The molecule has 0 heterocycles. The van der Waals surface area contributed by atoms with Gasteiger partial charge in [0.25, 0.3) is 5.91 Å². The van der Waals surface area contributed by atoms with Gasteiger partial charge in [0, 0.05) is 23.2 Å². The quantitative estimate of drug-likeness (QED) is 0.0876. The number of aromatic hydroxyl groups is 1. The smallest absolute Gasteiger partial charge is 0.416 e. The predicted molar refractivity (Wildman–Crippen MR) is 152 cm³/mol. The SMILES string of the molecule is COc1cccc(/C=C(/N=C(NCC2=C=C=C(C(N)=O)C=C2)c2cc(C(F)(F)F)cc(C(F)(F)F)c2)c2cccc(O)c2)c1. The summed E-state index contributed by atoms with van der Waals surface area (Å²) in [6, 6.07) is 13.6. The van der Waals surface area contributed by atoms with Crippen LogP contribution in [0.15, 0.2) is 106 Å². The number of hydrogen-bond donors (Lipinski definition) is 3. The zero-order valence-electron chi connectivity index (χ0n) is 22.8. The lowest BCUT2D eigenvalue weighted by atomic mass is 10.0. The highest BCUT2D eigenvalue weighted by Crippen LogP contribution is 2.37. The minimum absolute atomic E-state index is 0.0225. The topological polar surface area (TPSA) is 96.9 Å². The molecule has 3 aromatic carbocycles. The molecule has 0 bridgehead atoms. The number of phenols is 1. The average molecular weight is 612 g/mol. The molecular formula is C32H23F6N3O3. The van der Waals surface area contributed by atoms with Crippen LogP contribution >= 0.6 is 0 Å². The van der Waals surface area contributed by atoms with Gasteiger partial charge in [0.2, 0.25) is 0 Å². The minimum atomic E-state index is -5.10. The molecule has 0 aliphatic heterocycles. The number of nitrogens with zero attached hydrogens (tertiary/aromatic N) is 1. The number of carbonyl (C=O) groups is 1. The number of amides is 1. The van der Waals surface area contributed by atoms with Gasteiger partial charge in [0.05, 0.1) is 29.5 Å². The van der Waals surface area contributed by atoms with Crippen LogP contribution in [0.1, 0.15) is 27.8 Å². The zero-order chi connectivity index (χ0) is 32.1. The Morgan fingerprint density at radius 1 is 0.932 bits per heavy atom. The molecule has 12 heteroatoms. The van der Waals surface area contributed by atoms with E-state index < -0.39 is 35.0 Å². The standard InChI is InChI=1S/C32H23F6N3O3/c1-44-27-7-2-4-20(12-27)13-28(22-5-3-6-26(42)16-22)41-30(40-18-19-8-10-21(11-9-19)29(39)43)23-14-24(31(33,34)35)17-25(15-23)32(36,37)38/h2-8,10,12-17,42H,18H2,1H3,(H2,39,43)(H,40,41)/b28-13+. The molecule has 3 aromatic rings. The monoisotopic (exact) mass is 611 g/mol. The van der Waals surface area contributed by atoms with E-state index in [1.165, 1.54) is 43.5 Å². The Morgan fingerprint density at radius 2 is 1.61 bits per heavy atom. The van der Waals surface area contributed by atoms with Crippen molar-refractivity contribution >= 4 is 23.5 Å². The fourth-order valence-electron chi connectivity index (χ4n) is 3.99. The van der Waals surface area contributed by atoms with E-state index in [1.807, 2.05) is 0 Å². The highest BCUT2D eigenvalue weighted by Gasteiger charge is 2.37. The summed E-state index contributed by atoms with van der Waals surface area (Å²) in [4.78, 5) is 15.9. The molecule has 0 aromatic heterocycles. The molecule has 1 amide bonds. The summed E-state index contributed by atoms with van der Waals surface area (Å²) in [5.74, 6) is -0.784. The van der Waals surface area contributed by atoms with Crippen LogP contribution in [-0.2, 0) is 17.1 Å². The van der Waals surface area contributed by atoms with Gasteiger partial charge in [-0.05, 0) is 66.3 Å². The number of nitrogens with two attached hydrogens (primary N) is 1. The summed E-state index contributed by atoms with van der Waals surface area (Å²) in [7, 11) is 1.45. The van der Waals surface area contributed by atoms with Gasteiger partial charge in [-0.3, -0.25) is 4.79 Å². The van der Waals surface area contributed by atoms with Gasteiger partial charge in [-0.1, -0.05) is 35.7 Å². The van der Waals surface area contributed by atoms with E-state index in [0.29, 0.717) is 34.6 Å². The number of rotatable bonds is 8. The lowest BCUT2D eigenvalue weighted by Crippen LogP contribution is -2.27. The Hall–Kier alpha value is -5.44. The highest BCUT2D eigenvalue weighted by atomic mass is 19.4. The van der Waals surface area contributed by atoms with Crippen molar-refractivity contribution in [3.63, 3.8) is 0 Å². The van der Waals surface area contributed by atoms with E-state index in [0.717, 1.165) is 0 Å². The molecule has 226 valence electrons. The zero-order valence-corrected chi connectivity index (χ0v) is 22.8. The number of nitrogens with one attached hydrogen (secondary N) is 1. The van der Waals surface area contributed by atoms with E-state index in [9.17, 15) is 36.2 Å². The number of alkyl halides is 6. The van der Waals surface area contributed by atoms with Crippen molar-refractivity contribution in [2.24, 2.45) is 10.7 Å². The molecule has 44 heavy (non-hydrogen) atoms. The number of hydrogen-bond acceptors (Lipinski definition) is 4. The van der Waals surface area contributed by atoms with Gasteiger partial charge >= 0.3 is 12.4 Å². The van der Waals surface area contributed by atoms with Crippen molar-refractivity contribution in [3.8, 4) is 11.5 Å². The van der Waals surface area contributed by atoms with Crippen molar-refractivity contribution in [2.75, 3.05) is 13.7 Å². The van der Waals surface area contributed by atoms with Crippen molar-refractivity contribution in [2.45, 2.75) is 12.4 Å². The number of primary amides is 1. The molecule has 0 saturated heterocycles. The van der Waals surface area contributed by atoms with Crippen molar-refractivity contribution in [1.82, 2.24) is 5.32 Å². The molecule has 0 spiro atoms. The molecule has 0 unspecified atom stereocenters. The number of amidine groups is 1. The number of carbonyl (C=O) groups excluding carboxylic acids is 1. The Labute approximate surface area is 247 Å². The van der Waals surface area contributed by atoms with Gasteiger partial charge in [0.1, 0.15) is 17.3 Å². The Balaban J connectivity index is 1.95. The largest absolute Gasteiger partial charge is 0.508 e. The fourth-order valence-corrected chi connectivity index (χ4v) is 3.99. The fraction of sp³-hybridized carbons (Fsp3) is 0.125. The first-order valence-electron chi connectivity index (χ1n) is 12.7. The maximum absolute atomic E-state index is 13.8. The number of benzene rings is 3. The van der Waals surface area contributed by atoms with Crippen LogP contribution in [0.3, 0.4) is 0 Å². The third kappa shape index (κ3) is 8.10. The maximum Gasteiger partial charge on any atom is 0.416 e. The van der Waals surface area contributed by atoms with Crippen LogP contribution in [0, 0.1) is 0 Å². The summed E-state index contributed by atoms with van der Waals surface area (Å²) in [5, 5.41) is 12.9. The number of methoxy groups -OCH3 is 1. The summed E-state index contributed by atoms with van der Waals surface area (Å²) in [6.07, 6.45) is -5.88. The number of halogens is 6. The highest BCUT2D eigenvalue weighted by molar-refractivity contribution is 6.03. The van der Waals surface area contributed by atoms with Crippen LogP contribution < -0.4 is 15.8 Å². The summed E-state index contributed by atoms with van der Waals surface area (Å²) in [6.45, 7) is -0.182. The molecule has 0 atom stereocenters. The third-order valence-corrected chi connectivity index (χ3v) is 6.15. The summed E-state index contributed by atoms with van der Waals surface area (Å²) in [5.41, 5.74) is 8.18. The van der Waals surface area contributed by atoms with Crippen LogP contribution in [0.5, 0.6) is 11.5 Å². The minimum Gasteiger partial charge on any atom is -0.508 e. The van der Waals surface area contributed by atoms with Crippen molar-refractivity contribution in [3.05, 3.63) is 129 Å². The molecule has 4 N–H and O–H groups in total. The lowest BCUT2D eigenvalue weighted by molar-refractivity contribution is -0.143. The first-order valence-corrected chi connectivity index (χ1v) is 12.7. The van der Waals surface area contributed by atoms with E-state index in [1.54, 1.807) is 30.3 Å². The van der Waals surface area contributed by atoms with E-state index in [-0.39, 0.29) is 35.5 Å². The molecule has 0 saturated carbocycles. The van der Waals surface area contributed by atoms with Crippen LogP contribution in [-0.4, -0.2) is 30.5 Å². The third-order valence-electron chi connectivity index (χ3n) is 6.15. The first-order chi connectivity index (χ1) is 20.7. The van der Waals surface area contributed by atoms with Crippen LogP contribution in [0.4, 0.5) is 26.3 Å². The van der Waals surface area contributed by atoms with E-state index in [4.69, 9.17) is 10.5 Å². The Bertz CT molecular complexity index is 1760. The first kappa shape index (κ1) is 31.5. The number of phenolic OH excluding ortho intramolecular Hbond substituents is 1. The van der Waals surface area contributed by atoms with E-state index in [2.05, 4.69) is 21.8 Å². The molecular weight excluding hydrogens is 588 g/mol. The molecule has 1 aliphatic carbocycles. The van der Waals surface area contributed by atoms with Gasteiger partial charge in [-0.25, -0.2) is 4.99 Å². The predicted octanol–water partition coefficient (Wildman–Crippen LogP) is 6.63. The Kier molecular flexibility index (Phi) is 9.18. The van der Waals surface area contributed by atoms with Gasteiger partial charge < -0.3 is 20.9 Å². The molecule has 0 fully saturated rings. The summed E-state index contributed by atoms with van der Waals surface area (Å²) < 4.78 is 87.8. The maximum atomic E-state index is 13.8.